The number of pyridine rings is 1. The zero-order valence-electron chi connectivity index (χ0n) is 20.1. The number of aromatic nitrogens is 5. The van der Waals surface area contributed by atoms with Gasteiger partial charge in [0.2, 0.25) is 0 Å². The third-order valence-corrected chi connectivity index (χ3v) is 7.60. The first kappa shape index (κ1) is 21.8. The van der Waals surface area contributed by atoms with Gasteiger partial charge < -0.3 is 14.6 Å². The van der Waals surface area contributed by atoms with Crippen LogP contribution in [0.3, 0.4) is 0 Å². The zero-order chi connectivity index (χ0) is 23.9. The molecule has 8 heteroatoms. The Morgan fingerprint density at radius 3 is 2.74 bits per heavy atom. The molecule has 6 rings (SSSR count). The van der Waals surface area contributed by atoms with Gasteiger partial charge in [-0.05, 0) is 72.5 Å². The monoisotopic (exact) mass is 470 g/mol. The van der Waals surface area contributed by atoms with Crippen molar-refractivity contribution in [2.75, 3.05) is 12.0 Å². The number of hydrogen-bond donors (Lipinski definition) is 1. The third-order valence-electron chi connectivity index (χ3n) is 7.60. The van der Waals surface area contributed by atoms with Crippen LogP contribution in [0.25, 0.3) is 10.9 Å². The van der Waals surface area contributed by atoms with Gasteiger partial charge in [0.15, 0.2) is 5.82 Å². The van der Waals surface area contributed by atoms with Crippen LogP contribution >= 0.6 is 0 Å². The molecule has 0 spiro atoms. The Morgan fingerprint density at radius 2 is 1.91 bits per heavy atom. The van der Waals surface area contributed by atoms with Crippen LogP contribution in [0.4, 0.5) is 5.69 Å². The van der Waals surface area contributed by atoms with Crippen molar-refractivity contribution in [3.8, 4) is 5.75 Å². The van der Waals surface area contributed by atoms with Crippen molar-refractivity contribution in [2.24, 2.45) is 0 Å². The van der Waals surface area contributed by atoms with E-state index in [4.69, 9.17) is 4.74 Å². The fourth-order valence-electron chi connectivity index (χ4n) is 5.89. The Bertz CT molecular complexity index is 1420. The van der Waals surface area contributed by atoms with E-state index < -0.39 is 6.04 Å². The lowest BCUT2D eigenvalue weighted by Gasteiger charge is -2.34. The fraction of sp³-hybridized carbons (Fsp3) is 0.407. The summed E-state index contributed by atoms with van der Waals surface area (Å²) in [5, 5.41) is 14.0. The van der Waals surface area contributed by atoms with Crippen molar-refractivity contribution in [1.82, 2.24) is 25.2 Å². The van der Waals surface area contributed by atoms with E-state index in [1.165, 1.54) is 24.8 Å². The second kappa shape index (κ2) is 8.83. The maximum Gasteiger partial charge on any atom is 0.254 e. The predicted octanol–water partition coefficient (Wildman–Crippen LogP) is 4.57. The van der Waals surface area contributed by atoms with Gasteiger partial charge in [0.25, 0.3) is 5.56 Å². The van der Waals surface area contributed by atoms with Crippen molar-refractivity contribution in [1.29, 1.82) is 0 Å². The fourth-order valence-corrected chi connectivity index (χ4v) is 5.89. The highest BCUT2D eigenvalue weighted by atomic mass is 16.5. The predicted molar refractivity (Wildman–Crippen MR) is 135 cm³/mol. The average molecular weight is 471 g/mol. The Labute approximate surface area is 203 Å². The SMILES string of the molecule is COc1ccc2[nH]c(=O)c([C@H](c3nnnn3C3CCCCC3)N3c4ccccc4C[C@H]3C)cc2c1. The summed E-state index contributed by atoms with van der Waals surface area (Å²) in [4.78, 5) is 19.0. The average Bonchev–Trinajstić information content (AvgIpc) is 3.50. The third kappa shape index (κ3) is 3.77. The molecular weight excluding hydrogens is 440 g/mol. The Morgan fingerprint density at radius 1 is 1.09 bits per heavy atom. The molecule has 4 aromatic rings. The quantitative estimate of drug-likeness (QED) is 0.460. The summed E-state index contributed by atoms with van der Waals surface area (Å²) < 4.78 is 7.44. The molecule has 0 amide bonds. The van der Waals surface area contributed by atoms with Gasteiger partial charge in [-0.15, -0.1) is 5.10 Å². The van der Waals surface area contributed by atoms with E-state index in [9.17, 15) is 4.79 Å². The minimum atomic E-state index is -0.412. The lowest BCUT2D eigenvalue weighted by Crippen LogP contribution is -2.39. The van der Waals surface area contributed by atoms with E-state index in [2.05, 4.69) is 56.6 Å². The number of methoxy groups -OCH3 is 1. The molecule has 0 unspecified atom stereocenters. The minimum absolute atomic E-state index is 0.123. The van der Waals surface area contributed by atoms with Crippen LogP contribution in [0, 0.1) is 0 Å². The van der Waals surface area contributed by atoms with Gasteiger partial charge in [-0.2, -0.15) is 0 Å². The van der Waals surface area contributed by atoms with E-state index in [-0.39, 0.29) is 17.6 Å². The topological polar surface area (TPSA) is 88.9 Å². The molecule has 2 aromatic heterocycles. The van der Waals surface area contributed by atoms with E-state index >= 15 is 0 Å². The summed E-state index contributed by atoms with van der Waals surface area (Å²) in [7, 11) is 1.65. The van der Waals surface area contributed by atoms with Gasteiger partial charge in [0.05, 0.1) is 13.2 Å². The lowest BCUT2D eigenvalue weighted by molar-refractivity contribution is 0.312. The first-order chi connectivity index (χ1) is 17.1. The van der Waals surface area contributed by atoms with Crippen LogP contribution in [-0.2, 0) is 6.42 Å². The molecule has 0 bridgehead atoms. The lowest BCUT2D eigenvalue weighted by atomic mass is 9.95. The molecule has 0 saturated heterocycles. The number of para-hydroxylation sites is 1. The number of aromatic amines is 1. The Hall–Kier alpha value is -3.68. The van der Waals surface area contributed by atoms with E-state index in [0.717, 1.165) is 47.4 Å². The largest absolute Gasteiger partial charge is 0.497 e. The summed E-state index contributed by atoms with van der Waals surface area (Å²) in [6.45, 7) is 2.21. The van der Waals surface area contributed by atoms with E-state index in [1.54, 1.807) is 7.11 Å². The number of tetrazole rings is 1. The van der Waals surface area contributed by atoms with Crippen molar-refractivity contribution in [3.05, 3.63) is 75.8 Å². The van der Waals surface area contributed by atoms with Crippen LogP contribution in [0.15, 0.2) is 53.3 Å². The summed E-state index contributed by atoms with van der Waals surface area (Å²) >= 11 is 0. The van der Waals surface area contributed by atoms with E-state index in [0.29, 0.717) is 5.56 Å². The van der Waals surface area contributed by atoms with Gasteiger partial charge in [-0.25, -0.2) is 4.68 Å². The minimum Gasteiger partial charge on any atom is -0.497 e. The standard InChI is InChI=1S/C27H30N6O2/c1-17-14-18-8-6-7-11-24(18)32(17)25(26-29-30-31-33(26)20-9-4-3-5-10-20)22-16-19-15-21(35-2)12-13-23(19)28-27(22)34/h6-8,11-13,15-17,20,25H,3-5,9-10,14H2,1-2H3,(H,28,34)/t17-,25-/m1/s1. The van der Waals surface area contributed by atoms with Crippen LogP contribution in [0.2, 0.25) is 0 Å². The molecular formula is C27H30N6O2. The molecule has 8 nitrogen and oxygen atoms in total. The van der Waals surface area contributed by atoms with Gasteiger partial charge in [-0.3, -0.25) is 4.79 Å². The normalized spacial score (nSPS) is 19.1. The molecule has 2 aliphatic rings. The second-order valence-corrected chi connectivity index (χ2v) is 9.77. The smallest absolute Gasteiger partial charge is 0.254 e. The molecule has 1 N–H and O–H groups in total. The Kier molecular flexibility index (Phi) is 5.51. The number of ether oxygens (including phenoxy) is 1. The first-order valence-corrected chi connectivity index (χ1v) is 12.5. The zero-order valence-corrected chi connectivity index (χ0v) is 20.1. The van der Waals surface area contributed by atoms with E-state index in [1.807, 2.05) is 28.9 Å². The number of fused-ring (bicyclic) bond motifs is 2. The highest BCUT2D eigenvalue weighted by Crippen LogP contribution is 2.42. The first-order valence-electron chi connectivity index (χ1n) is 12.5. The van der Waals surface area contributed by atoms with Crippen LogP contribution in [0.1, 0.15) is 68.1 Å². The molecule has 35 heavy (non-hydrogen) atoms. The summed E-state index contributed by atoms with van der Waals surface area (Å²) in [5.74, 6) is 1.48. The second-order valence-electron chi connectivity index (χ2n) is 9.77. The van der Waals surface area contributed by atoms with Gasteiger partial charge in [0, 0.05) is 28.2 Å². The van der Waals surface area contributed by atoms with Gasteiger partial charge >= 0.3 is 0 Å². The number of H-pyrrole nitrogens is 1. The molecule has 0 radical (unpaired) electrons. The molecule has 2 atom stereocenters. The van der Waals surface area contributed by atoms with Gasteiger partial charge in [0.1, 0.15) is 11.8 Å². The number of hydrogen-bond acceptors (Lipinski definition) is 6. The summed E-state index contributed by atoms with van der Waals surface area (Å²) in [6, 6.07) is 16.1. The number of benzene rings is 2. The van der Waals surface area contributed by atoms with Crippen molar-refractivity contribution in [2.45, 2.75) is 63.6 Å². The van der Waals surface area contributed by atoms with Crippen LogP contribution in [-0.4, -0.2) is 38.3 Å². The highest BCUT2D eigenvalue weighted by Gasteiger charge is 2.38. The molecule has 3 heterocycles. The summed E-state index contributed by atoms with van der Waals surface area (Å²) in [5.41, 5.74) is 3.71. The van der Waals surface area contributed by atoms with Crippen molar-refractivity contribution in [3.63, 3.8) is 0 Å². The highest BCUT2D eigenvalue weighted by molar-refractivity contribution is 5.81. The molecule has 1 saturated carbocycles. The van der Waals surface area contributed by atoms with Crippen LogP contribution in [0.5, 0.6) is 5.75 Å². The van der Waals surface area contributed by atoms with Crippen molar-refractivity contribution < 1.29 is 4.74 Å². The number of anilines is 1. The summed E-state index contributed by atoms with van der Waals surface area (Å²) in [6.07, 6.45) is 6.63. The Balaban J connectivity index is 1.56. The number of rotatable bonds is 5. The maximum absolute atomic E-state index is 13.6. The van der Waals surface area contributed by atoms with Crippen molar-refractivity contribution >= 4 is 16.6 Å². The molecule has 1 fully saturated rings. The maximum atomic E-state index is 13.6. The van der Waals surface area contributed by atoms with Gasteiger partial charge in [-0.1, -0.05) is 37.5 Å². The molecule has 180 valence electrons. The number of nitrogens with zero attached hydrogens (tertiary/aromatic N) is 5. The molecule has 1 aliphatic carbocycles. The molecule has 2 aromatic carbocycles. The van der Waals surface area contributed by atoms with Crippen LogP contribution < -0.4 is 15.2 Å². The molecule has 1 aliphatic heterocycles. The number of nitrogens with one attached hydrogen (secondary N) is 1.